The predicted octanol–water partition coefficient (Wildman–Crippen LogP) is 5.09. The molecule has 3 rings (SSSR count). The number of nitrogens with one attached hydrogen (secondary N) is 2. The third kappa shape index (κ3) is 7.07. The fraction of sp³-hybridized carbons (Fsp3) is 0.464. The van der Waals surface area contributed by atoms with Crippen molar-refractivity contribution in [1.29, 1.82) is 0 Å². The Hall–Kier alpha value is -3.35. The third-order valence-electron chi connectivity index (χ3n) is 6.33. The van der Waals surface area contributed by atoms with Gasteiger partial charge in [-0.1, -0.05) is 82.1 Å². The van der Waals surface area contributed by atoms with Gasteiger partial charge in [0.2, 0.25) is 5.91 Å². The molecule has 0 saturated carbocycles. The van der Waals surface area contributed by atoms with E-state index in [0.717, 1.165) is 35.1 Å². The molecule has 3 N–H and O–H groups in total. The number of alkyl carbamates (subject to hydrolysis) is 1. The number of hydrogen-bond donors (Lipinski definition) is 3. The van der Waals surface area contributed by atoms with Crippen molar-refractivity contribution in [2.75, 3.05) is 6.61 Å². The van der Waals surface area contributed by atoms with Crippen molar-refractivity contribution in [3.8, 4) is 11.1 Å². The molecule has 1 aliphatic carbocycles. The van der Waals surface area contributed by atoms with E-state index < -0.39 is 24.1 Å². The Morgan fingerprint density at radius 1 is 0.971 bits per heavy atom. The molecule has 0 heterocycles. The Balaban J connectivity index is 1.64. The van der Waals surface area contributed by atoms with Gasteiger partial charge < -0.3 is 20.5 Å². The zero-order chi connectivity index (χ0) is 25.4. The van der Waals surface area contributed by atoms with Gasteiger partial charge in [0.1, 0.15) is 12.6 Å². The number of benzene rings is 2. The van der Waals surface area contributed by atoms with Gasteiger partial charge in [-0.15, -0.1) is 0 Å². The van der Waals surface area contributed by atoms with Crippen LogP contribution in [0.2, 0.25) is 0 Å². The minimum atomic E-state index is -0.962. The summed E-state index contributed by atoms with van der Waals surface area (Å²) >= 11 is 0. The smallest absolute Gasteiger partial charge is 0.407 e. The molecule has 35 heavy (non-hydrogen) atoms. The van der Waals surface area contributed by atoms with Crippen LogP contribution in [0.5, 0.6) is 0 Å². The lowest BCUT2D eigenvalue weighted by molar-refractivity contribution is -0.137. The first-order chi connectivity index (χ1) is 16.8. The van der Waals surface area contributed by atoms with Gasteiger partial charge in [0.25, 0.3) is 0 Å². The van der Waals surface area contributed by atoms with E-state index in [1.165, 1.54) is 0 Å². The van der Waals surface area contributed by atoms with Gasteiger partial charge in [0.15, 0.2) is 0 Å². The summed E-state index contributed by atoms with van der Waals surface area (Å²) in [4.78, 5) is 37.0. The molecule has 0 radical (unpaired) electrons. The molecule has 2 atom stereocenters. The molecule has 0 aliphatic heterocycles. The Morgan fingerprint density at radius 3 is 2.11 bits per heavy atom. The van der Waals surface area contributed by atoms with Crippen LogP contribution in [0.4, 0.5) is 4.79 Å². The van der Waals surface area contributed by atoms with Gasteiger partial charge in [-0.25, -0.2) is 4.79 Å². The summed E-state index contributed by atoms with van der Waals surface area (Å²) in [6, 6.07) is 14.9. The van der Waals surface area contributed by atoms with Crippen LogP contribution in [0.3, 0.4) is 0 Å². The molecule has 188 valence electrons. The van der Waals surface area contributed by atoms with Gasteiger partial charge in [-0.3, -0.25) is 9.59 Å². The van der Waals surface area contributed by atoms with Crippen LogP contribution >= 0.6 is 0 Å². The first kappa shape index (κ1) is 26.3. The van der Waals surface area contributed by atoms with Crippen LogP contribution in [-0.2, 0) is 14.3 Å². The maximum Gasteiger partial charge on any atom is 0.407 e. The third-order valence-corrected chi connectivity index (χ3v) is 6.33. The zero-order valence-corrected chi connectivity index (χ0v) is 20.8. The highest BCUT2D eigenvalue weighted by molar-refractivity contribution is 5.86. The number of aliphatic carboxylic acids is 1. The lowest BCUT2D eigenvalue weighted by Gasteiger charge is -2.24. The molecule has 2 aromatic rings. The molecular weight excluding hydrogens is 444 g/mol. The Bertz CT molecular complexity index is 990. The van der Waals surface area contributed by atoms with Gasteiger partial charge in [-0.2, -0.15) is 0 Å². The highest BCUT2D eigenvalue weighted by Crippen LogP contribution is 2.44. The summed E-state index contributed by atoms with van der Waals surface area (Å²) in [6.07, 6.45) is 1.91. The monoisotopic (exact) mass is 480 g/mol. The molecule has 2 aromatic carbocycles. The van der Waals surface area contributed by atoms with Crippen LogP contribution in [-0.4, -0.2) is 41.8 Å². The summed E-state index contributed by atoms with van der Waals surface area (Å²) in [5.74, 6) is -1.27. The number of hydrogen-bond acceptors (Lipinski definition) is 4. The molecule has 7 nitrogen and oxygen atoms in total. The number of carbonyl (C=O) groups excluding carboxylic acids is 2. The van der Waals surface area contributed by atoms with Gasteiger partial charge in [0.05, 0.1) is 6.42 Å². The fourth-order valence-electron chi connectivity index (χ4n) is 4.67. The predicted molar refractivity (Wildman–Crippen MR) is 135 cm³/mol. The Kier molecular flexibility index (Phi) is 9.29. The lowest BCUT2D eigenvalue weighted by atomic mass is 9.98. The zero-order valence-electron chi connectivity index (χ0n) is 20.8. The second-order valence-corrected chi connectivity index (χ2v) is 9.60. The van der Waals surface area contributed by atoms with E-state index in [-0.39, 0.29) is 30.8 Å². The van der Waals surface area contributed by atoms with E-state index in [1.54, 1.807) is 0 Å². The van der Waals surface area contributed by atoms with E-state index >= 15 is 0 Å². The molecule has 2 amide bonds. The van der Waals surface area contributed by atoms with Crippen molar-refractivity contribution in [2.45, 2.75) is 70.9 Å². The molecule has 0 spiro atoms. The maximum absolute atomic E-state index is 13.0. The van der Waals surface area contributed by atoms with Crippen molar-refractivity contribution in [3.63, 3.8) is 0 Å². The van der Waals surface area contributed by atoms with Crippen molar-refractivity contribution in [3.05, 3.63) is 59.7 Å². The number of rotatable bonds is 12. The number of unbranched alkanes of at least 4 members (excludes halogenated alkanes) is 1. The normalized spacial score (nSPS) is 14.1. The Morgan fingerprint density at radius 2 is 1.57 bits per heavy atom. The van der Waals surface area contributed by atoms with Crippen molar-refractivity contribution in [1.82, 2.24) is 10.6 Å². The van der Waals surface area contributed by atoms with E-state index in [1.807, 2.05) is 45.0 Å². The molecule has 0 bridgehead atoms. The molecule has 1 unspecified atom stereocenters. The van der Waals surface area contributed by atoms with Crippen LogP contribution in [0.15, 0.2) is 48.5 Å². The lowest BCUT2D eigenvalue weighted by Crippen LogP contribution is -2.50. The molecule has 0 saturated heterocycles. The quantitative estimate of drug-likeness (QED) is 0.392. The van der Waals surface area contributed by atoms with Crippen molar-refractivity contribution >= 4 is 18.0 Å². The summed E-state index contributed by atoms with van der Waals surface area (Å²) in [5.41, 5.74) is 4.52. The summed E-state index contributed by atoms with van der Waals surface area (Å²) in [5, 5.41) is 14.7. The van der Waals surface area contributed by atoms with Crippen molar-refractivity contribution in [2.24, 2.45) is 5.92 Å². The molecule has 0 aromatic heterocycles. The van der Waals surface area contributed by atoms with Gasteiger partial charge >= 0.3 is 12.1 Å². The number of carboxylic acid groups (broad SMARTS) is 1. The van der Waals surface area contributed by atoms with E-state index in [2.05, 4.69) is 34.9 Å². The molecule has 0 fully saturated rings. The van der Waals surface area contributed by atoms with E-state index in [9.17, 15) is 19.5 Å². The molecule has 7 heteroatoms. The maximum atomic E-state index is 13.0. The summed E-state index contributed by atoms with van der Waals surface area (Å²) in [7, 11) is 0. The fourth-order valence-corrected chi connectivity index (χ4v) is 4.67. The SMILES string of the molecule is CCCCC(CC(=O)O)NC(=O)[C@H](CC(C)C)NC(=O)OCC1c2ccccc2-c2ccccc21. The summed E-state index contributed by atoms with van der Waals surface area (Å²) < 4.78 is 5.61. The number of ether oxygens (including phenoxy) is 1. The van der Waals surface area contributed by atoms with Crippen LogP contribution < -0.4 is 10.6 Å². The second-order valence-electron chi connectivity index (χ2n) is 9.60. The first-order valence-electron chi connectivity index (χ1n) is 12.4. The van der Waals surface area contributed by atoms with Gasteiger partial charge in [0, 0.05) is 12.0 Å². The van der Waals surface area contributed by atoms with E-state index in [0.29, 0.717) is 12.8 Å². The standard InChI is InChI=1S/C28H36N2O5/c1-4-5-10-19(16-26(31)32)29-27(33)25(15-18(2)3)30-28(34)35-17-24-22-13-8-6-11-20(22)21-12-7-9-14-23(21)24/h6-9,11-14,18-19,24-25H,4-5,10,15-17H2,1-3H3,(H,29,33)(H,30,34)(H,31,32)/t19?,25-/m0/s1. The summed E-state index contributed by atoms with van der Waals surface area (Å²) in [6.45, 7) is 6.10. The van der Waals surface area contributed by atoms with Crippen molar-refractivity contribution < 1.29 is 24.2 Å². The number of carboxylic acids is 1. The largest absolute Gasteiger partial charge is 0.481 e. The van der Waals surface area contributed by atoms with Crippen LogP contribution in [0.25, 0.3) is 11.1 Å². The second kappa shape index (κ2) is 12.4. The average molecular weight is 481 g/mol. The highest BCUT2D eigenvalue weighted by atomic mass is 16.5. The van der Waals surface area contributed by atoms with E-state index in [4.69, 9.17) is 4.74 Å². The van der Waals surface area contributed by atoms with Crippen LogP contribution in [0.1, 0.15) is 69.9 Å². The molecule has 1 aliphatic rings. The van der Waals surface area contributed by atoms with Gasteiger partial charge in [-0.05, 0) is 41.0 Å². The average Bonchev–Trinajstić information content (AvgIpc) is 3.14. The Labute approximate surface area is 207 Å². The minimum absolute atomic E-state index is 0.0699. The molecular formula is C28H36N2O5. The number of amides is 2. The minimum Gasteiger partial charge on any atom is -0.481 e. The first-order valence-corrected chi connectivity index (χ1v) is 12.4. The number of fused-ring (bicyclic) bond motifs is 3. The topological polar surface area (TPSA) is 105 Å². The number of carbonyl (C=O) groups is 3. The highest BCUT2D eigenvalue weighted by Gasteiger charge is 2.30. The van der Waals surface area contributed by atoms with Crippen LogP contribution in [0, 0.1) is 5.92 Å².